The van der Waals surface area contributed by atoms with Crippen LogP contribution in [0.1, 0.15) is 19.0 Å². The summed E-state index contributed by atoms with van der Waals surface area (Å²) in [5, 5.41) is 8.49. The lowest BCUT2D eigenvalue weighted by Crippen LogP contribution is -2.31. The third-order valence-electron chi connectivity index (χ3n) is 3.29. The molecule has 0 saturated carbocycles. The molecule has 0 N–H and O–H groups in total. The van der Waals surface area contributed by atoms with Crippen LogP contribution in [0.2, 0.25) is 0 Å². The van der Waals surface area contributed by atoms with Crippen LogP contribution in [0.5, 0.6) is 0 Å². The van der Waals surface area contributed by atoms with E-state index in [4.69, 9.17) is 0 Å². The average molecular weight is 220 g/mol. The van der Waals surface area contributed by atoms with E-state index in [0.29, 0.717) is 6.04 Å². The van der Waals surface area contributed by atoms with Gasteiger partial charge in [0.1, 0.15) is 0 Å². The molecule has 1 aromatic heterocycles. The summed E-state index contributed by atoms with van der Waals surface area (Å²) in [6.45, 7) is 4.25. The number of hydrogen-bond acceptors (Lipinski definition) is 4. The lowest BCUT2D eigenvalue weighted by atomic mass is 10.2. The molecule has 0 aliphatic carbocycles. The maximum atomic E-state index is 4.28. The smallest absolute Gasteiger partial charge is 0.151 e. The highest BCUT2D eigenvalue weighted by Gasteiger charge is 2.24. The van der Waals surface area contributed by atoms with Crippen LogP contribution in [0, 0.1) is 0 Å². The molecule has 1 unspecified atom stereocenters. The van der Waals surface area contributed by atoms with Crippen LogP contribution in [-0.2, 0) is 6.42 Å². The Kier molecular flexibility index (Phi) is 3.39. The Labute approximate surface area is 97.3 Å². The maximum Gasteiger partial charge on any atom is 0.151 e. The van der Waals surface area contributed by atoms with E-state index in [1.807, 2.05) is 0 Å². The molecule has 1 fully saturated rings. The minimum atomic E-state index is 0.646. The fourth-order valence-corrected chi connectivity index (χ4v) is 2.08. The molecule has 88 valence electrons. The van der Waals surface area contributed by atoms with E-state index in [-0.39, 0.29) is 0 Å². The van der Waals surface area contributed by atoms with Crippen LogP contribution >= 0.6 is 0 Å². The summed E-state index contributed by atoms with van der Waals surface area (Å²) in [4.78, 5) is 4.60. The molecule has 2 heterocycles. The summed E-state index contributed by atoms with van der Waals surface area (Å²) in [7, 11) is 4.28. The first-order chi connectivity index (χ1) is 7.70. The van der Waals surface area contributed by atoms with Gasteiger partial charge in [-0.25, -0.2) is 0 Å². The maximum absolute atomic E-state index is 4.28. The third-order valence-corrected chi connectivity index (χ3v) is 3.29. The Morgan fingerprint density at radius 3 is 2.69 bits per heavy atom. The van der Waals surface area contributed by atoms with Crippen molar-refractivity contribution in [2.45, 2.75) is 25.8 Å². The number of anilines is 1. The van der Waals surface area contributed by atoms with Gasteiger partial charge >= 0.3 is 0 Å². The first-order valence-electron chi connectivity index (χ1n) is 5.94. The zero-order valence-electron chi connectivity index (χ0n) is 10.3. The molecule has 1 aromatic rings. The molecule has 1 aliphatic heterocycles. The van der Waals surface area contributed by atoms with Crippen molar-refractivity contribution >= 4 is 5.82 Å². The number of hydrogen-bond donors (Lipinski definition) is 0. The monoisotopic (exact) mass is 220 g/mol. The van der Waals surface area contributed by atoms with Crippen LogP contribution in [0.3, 0.4) is 0 Å². The van der Waals surface area contributed by atoms with Crippen molar-refractivity contribution in [1.29, 1.82) is 0 Å². The molecule has 0 aromatic carbocycles. The van der Waals surface area contributed by atoms with Crippen molar-refractivity contribution in [2.24, 2.45) is 0 Å². The Morgan fingerprint density at radius 1 is 1.38 bits per heavy atom. The number of aromatic nitrogens is 2. The second kappa shape index (κ2) is 4.78. The predicted octanol–water partition coefficient (Wildman–Crippen LogP) is 1.18. The van der Waals surface area contributed by atoms with Crippen LogP contribution in [0.15, 0.2) is 12.1 Å². The van der Waals surface area contributed by atoms with Crippen molar-refractivity contribution in [3.63, 3.8) is 0 Å². The minimum absolute atomic E-state index is 0.646. The molecule has 1 atom stereocenters. The van der Waals surface area contributed by atoms with E-state index in [1.54, 1.807) is 0 Å². The lowest BCUT2D eigenvalue weighted by molar-refractivity contribution is 0.315. The molecule has 1 saturated heterocycles. The van der Waals surface area contributed by atoms with E-state index < -0.39 is 0 Å². The molecule has 4 heteroatoms. The number of likely N-dealkylation sites (N-methyl/N-ethyl adjacent to an activating group) is 1. The summed E-state index contributed by atoms with van der Waals surface area (Å²) in [5.41, 5.74) is 1.06. The van der Waals surface area contributed by atoms with Gasteiger partial charge in [-0.05, 0) is 39.1 Å². The van der Waals surface area contributed by atoms with Gasteiger partial charge in [0.15, 0.2) is 5.82 Å². The Morgan fingerprint density at radius 2 is 2.19 bits per heavy atom. The highest BCUT2D eigenvalue weighted by Crippen LogP contribution is 2.19. The lowest BCUT2D eigenvalue weighted by Gasteiger charge is -2.20. The predicted molar refractivity (Wildman–Crippen MR) is 65.7 cm³/mol. The highest BCUT2D eigenvalue weighted by molar-refractivity contribution is 5.39. The standard InChI is InChI=1S/C12H20N4/c1-4-10-5-6-12(14-13-10)16-8-7-11(9-16)15(2)3/h5-6,11H,4,7-9H2,1-3H3. The fraction of sp³-hybridized carbons (Fsp3) is 0.667. The second-order valence-corrected chi connectivity index (χ2v) is 4.59. The number of rotatable bonds is 3. The molecular weight excluding hydrogens is 200 g/mol. The van der Waals surface area contributed by atoms with E-state index in [2.05, 4.69) is 53.1 Å². The van der Waals surface area contributed by atoms with Crippen molar-refractivity contribution in [1.82, 2.24) is 15.1 Å². The molecule has 2 rings (SSSR count). The van der Waals surface area contributed by atoms with Gasteiger partial charge < -0.3 is 9.80 Å². The SMILES string of the molecule is CCc1ccc(N2CCC(N(C)C)C2)nn1. The molecule has 0 amide bonds. The summed E-state index contributed by atoms with van der Waals surface area (Å²) in [6.07, 6.45) is 2.16. The summed E-state index contributed by atoms with van der Waals surface area (Å²) >= 11 is 0. The van der Waals surface area contributed by atoms with E-state index in [0.717, 1.165) is 31.0 Å². The molecule has 16 heavy (non-hydrogen) atoms. The van der Waals surface area contributed by atoms with Gasteiger partial charge in [0, 0.05) is 19.1 Å². The Bertz CT molecular complexity index is 333. The second-order valence-electron chi connectivity index (χ2n) is 4.59. The highest BCUT2D eigenvalue weighted by atomic mass is 15.3. The molecule has 4 nitrogen and oxygen atoms in total. The van der Waals surface area contributed by atoms with Gasteiger partial charge in [-0.2, -0.15) is 5.10 Å². The number of aryl methyl sites for hydroxylation is 1. The average Bonchev–Trinajstić information content (AvgIpc) is 2.78. The minimum Gasteiger partial charge on any atom is -0.354 e. The zero-order valence-corrected chi connectivity index (χ0v) is 10.3. The van der Waals surface area contributed by atoms with Crippen LogP contribution < -0.4 is 4.90 Å². The third kappa shape index (κ3) is 2.32. The first-order valence-corrected chi connectivity index (χ1v) is 5.94. The Balaban J connectivity index is 2.03. The quantitative estimate of drug-likeness (QED) is 0.765. The summed E-state index contributed by atoms with van der Waals surface area (Å²) < 4.78 is 0. The van der Waals surface area contributed by atoms with Crippen molar-refractivity contribution in [3.8, 4) is 0 Å². The summed E-state index contributed by atoms with van der Waals surface area (Å²) in [5.74, 6) is 1.02. The molecular formula is C12H20N4. The van der Waals surface area contributed by atoms with Gasteiger partial charge in [0.05, 0.1) is 5.69 Å². The normalized spacial score (nSPS) is 20.8. The first kappa shape index (κ1) is 11.3. The van der Waals surface area contributed by atoms with Gasteiger partial charge in [-0.1, -0.05) is 6.92 Å². The van der Waals surface area contributed by atoms with Gasteiger partial charge in [-0.3, -0.25) is 0 Å². The van der Waals surface area contributed by atoms with Gasteiger partial charge in [-0.15, -0.1) is 5.10 Å². The van der Waals surface area contributed by atoms with Crippen molar-refractivity contribution in [2.75, 3.05) is 32.1 Å². The van der Waals surface area contributed by atoms with Gasteiger partial charge in [0.25, 0.3) is 0 Å². The number of nitrogens with zero attached hydrogens (tertiary/aromatic N) is 4. The largest absolute Gasteiger partial charge is 0.354 e. The topological polar surface area (TPSA) is 32.3 Å². The molecule has 0 radical (unpaired) electrons. The van der Waals surface area contributed by atoms with E-state index in [1.165, 1.54) is 6.42 Å². The van der Waals surface area contributed by atoms with Crippen molar-refractivity contribution in [3.05, 3.63) is 17.8 Å². The Hall–Kier alpha value is -1.16. The molecule has 0 bridgehead atoms. The summed E-state index contributed by atoms with van der Waals surface area (Å²) in [6, 6.07) is 4.81. The van der Waals surface area contributed by atoms with Crippen LogP contribution in [0.25, 0.3) is 0 Å². The van der Waals surface area contributed by atoms with E-state index >= 15 is 0 Å². The van der Waals surface area contributed by atoms with E-state index in [9.17, 15) is 0 Å². The van der Waals surface area contributed by atoms with Crippen molar-refractivity contribution < 1.29 is 0 Å². The fourth-order valence-electron chi connectivity index (χ4n) is 2.08. The zero-order chi connectivity index (χ0) is 11.5. The van der Waals surface area contributed by atoms with Crippen LogP contribution in [-0.4, -0.2) is 48.3 Å². The van der Waals surface area contributed by atoms with Crippen LogP contribution in [0.4, 0.5) is 5.82 Å². The molecule has 0 spiro atoms. The molecule has 1 aliphatic rings. The van der Waals surface area contributed by atoms with Gasteiger partial charge in [0.2, 0.25) is 0 Å².